The van der Waals surface area contributed by atoms with Crippen LogP contribution in [0.5, 0.6) is 0 Å². The van der Waals surface area contributed by atoms with E-state index in [0.717, 1.165) is 5.56 Å². The number of hydrogen-bond acceptors (Lipinski definition) is 5. The molecule has 8 heteroatoms. The average molecular weight is 386 g/mol. The lowest BCUT2D eigenvalue weighted by atomic mass is 9.83. The molecule has 0 saturated carbocycles. The first-order valence-electron chi connectivity index (χ1n) is 9.07. The van der Waals surface area contributed by atoms with E-state index in [-0.39, 0.29) is 25.5 Å². The van der Waals surface area contributed by atoms with Crippen LogP contribution in [-0.4, -0.2) is 41.2 Å². The van der Waals surface area contributed by atoms with Crippen LogP contribution in [0.25, 0.3) is 10.4 Å². The van der Waals surface area contributed by atoms with Gasteiger partial charge in [0, 0.05) is 18.0 Å². The van der Waals surface area contributed by atoms with E-state index in [9.17, 15) is 9.59 Å². The smallest absolute Gasteiger partial charge is 0.410 e. The van der Waals surface area contributed by atoms with Gasteiger partial charge in [0.25, 0.3) is 0 Å². The molecule has 2 rings (SSSR count). The first-order chi connectivity index (χ1) is 13.2. The summed E-state index contributed by atoms with van der Waals surface area (Å²) in [5.74, 6) is -0.912. The lowest BCUT2D eigenvalue weighted by Crippen LogP contribution is -2.57. The SMILES string of the molecule is C=C[C@H]1CN(C(=O)OC(C)(C)C)C[C@@](N=[N+]=[N-])(C(=O)OCc2ccccc2)C1. The van der Waals surface area contributed by atoms with Crippen molar-refractivity contribution in [2.45, 2.75) is 44.9 Å². The second kappa shape index (κ2) is 8.80. The molecule has 0 N–H and O–H groups in total. The summed E-state index contributed by atoms with van der Waals surface area (Å²) in [4.78, 5) is 29.7. The summed E-state index contributed by atoms with van der Waals surface area (Å²) >= 11 is 0. The Hall–Kier alpha value is -2.99. The molecule has 150 valence electrons. The molecule has 28 heavy (non-hydrogen) atoms. The van der Waals surface area contributed by atoms with Crippen LogP contribution in [0.15, 0.2) is 48.1 Å². The highest BCUT2D eigenvalue weighted by molar-refractivity contribution is 5.83. The van der Waals surface area contributed by atoms with Gasteiger partial charge in [-0.1, -0.05) is 41.5 Å². The number of benzene rings is 1. The molecule has 0 spiro atoms. The lowest BCUT2D eigenvalue weighted by molar-refractivity contribution is -0.154. The van der Waals surface area contributed by atoms with Crippen LogP contribution in [0.2, 0.25) is 0 Å². The summed E-state index contributed by atoms with van der Waals surface area (Å²) in [5, 5.41) is 3.76. The number of likely N-dealkylation sites (tertiary alicyclic amines) is 1. The summed E-state index contributed by atoms with van der Waals surface area (Å²) in [7, 11) is 0. The first kappa shape index (κ1) is 21.3. The largest absolute Gasteiger partial charge is 0.460 e. The first-order valence-corrected chi connectivity index (χ1v) is 9.07. The fraction of sp³-hybridized carbons (Fsp3) is 0.500. The second-order valence-corrected chi connectivity index (χ2v) is 7.84. The third-order valence-electron chi connectivity index (χ3n) is 4.32. The lowest BCUT2D eigenvalue weighted by Gasteiger charge is -2.41. The minimum Gasteiger partial charge on any atom is -0.460 e. The zero-order chi connectivity index (χ0) is 20.8. The molecule has 1 aliphatic heterocycles. The molecule has 1 aromatic rings. The summed E-state index contributed by atoms with van der Waals surface area (Å²) in [6, 6.07) is 9.19. The molecular weight excluding hydrogens is 360 g/mol. The predicted octanol–water partition coefficient (Wildman–Crippen LogP) is 4.22. The van der Waals surface area contributed by atoms with Crippen LogP contribution in [0.4, 0.5) is 4.79 Å². The monoisotopic (exact) mass is 386 g/mol. The van der Waals surface area contributed by atoms with Crippen molar-refractivity contribution in [1.82, 2.24) is 4.90 Å². The van der Waals surface area contributed by atoms with Crippen LogP contribution in [-0.2, 0) is 20.9 Å². The number of carbonyl (C=O) groups excluding carboxylic acids is 2. The molecule has 2 atom stereocenters. The third-order valence-corrected chi connectivity index (χ3v) is 4.32. The highest BCUT2D eigenvalue weighted by atomic mass is 16.6. The summed E-state index contributed by atoms with van der Waals surface area (Å²) in [6.07, 6.45) is 1.28. The van der Waals surface area contributed by atoms with E-state index in [2.05, 4.69) is 16.6 Å². The van der Waals surface area contributed by atoms with Crippen molar-refractivity contribution in [2.75, 3.05) is 13.1 Å². The quantitative estimate of drug-likeness (QED) is 0.248. The predicted molar refractivity (Wildman–Crippen MR) is 104 cm³/mol. The minimum atomic E-state index is -1.53. The molecule has 8 nitrogen and oxygen atoms in total. The Morgan fingerprint density at radius 2 is 2.07 bits per heavy atom. The van der Waals surface area contributed by atoms with E-state index in [1.807, 2.05) is 30.3 Å². The normalized spacial score (nSPS) is 22.0. The van der Waals surface area contributed by atoms with Gasteiger partial charge in [0.15, 0.2) is 5.54 Å². The van der Waals surface area contributed by atoms with E-state index in [1.54, 1.807) is 26.8 Å². The maximum Gasteiger partial charge on any atom is 0.410 e. The Morgan fingerprint density at radius 1 is 1.39 bits per heavy atom. The number of rotatable bonds is 5. The van der Waals surface area contributed by atoms with E-state index < -0.39 is 23.2 Å². The maximum absolute atomic E-state index is 12.9. The van der Waals surface area contributed by atoms with Gasteiger partial charge in [-0.2, -0.15) is 0 Å². The molecule has 1 fully saturated rings. The Bertz CT molecular complexity index is 768. The van der Waals surface area contributed by atoms with Crippen molar-refractivity contribution < 1.29 is 19.1 Å². The summed E-state index contributed by atoms with van der Waals surface area (Å²) in [5.41, 5.74) is 7.67. The minimum absolute atomic E-state index is 0.0492. The average Bonchev–Trinajstić information content (AvgIpc) is 2.65. The second-order valence-electron chi connectivity index (χ2n) is 7.84. The Balaban J connectivity index is 2.23. The molecule has 0 bridgehead atoms. The van der Waals surface area contributed by atoms with Crippen molar-refractivity contribution in [1.29, 1.82) is 0 Å². The number of nitrogens with zero attached hydrogens (tertiary/aromatic N) is 4. The number of azide groups is 1. The Labute approximate surface area is 164 Å². The van der Waals surface area contributed by atoms with Crippen molar-refractivity contribution >= 4 is 12.1 Å². The number of amides is 1. The Morgan fingerprint density at radius 3 is 2.64 bits per heavy atom. The number of ether oxygens (including phenoxy) is 2. The molecule has 0 unspecified atom stereocenters. The number of piperidine rings is 1. The van der Waals surface area contributed by atoms with Crippen molar-refractivity contribution in [3.05, 3.63) is 59.0 Å². The molecule has 1 heterocycles. The zero-order valence-electron chi connectivity index (χ0n) is 16.5. The number of hydrogen-bond donors (Lipinski definition) is 0. The topological polar surface area (TPSA) is 105 Å². The van der Waals surface area contributed by atoms with Gasteiger partial charge in [-0.25, -0.2) is 4.79 Å². The molecule has 1 aromatic carbocycles. The molecule has 0 aliphatic carbocycles. The third kappa shape index (κ3) is 5.50. The van der Waals surface area contributed by atoms with E-state index >= 15 is 0 Å². The van der Waals surface area contributed by atoms with Gasteiger partial charge in [-0.05, 0) is 44.2 Å². The van der Waals surface area contributed by atoms with Crippen LogP contribution in [0.1, 0.15) is 32.8 Å². The van der Waals surface area contributed by atoms with Crippen molar-refractivity contribution in [2.24, 2.45) is 11.0 Å². The van der Waals surface area contributed by atoms with Crippen LogP contribution < -0.4 is 0 Å². The van der Waals surface area contributed by atoms with Gasteiger partial charge in [0.05, 0.1) is 0 Å². The van der Waals surface area contributed by atoms with E-state index in [0.29, 0.717) is 6.54 Å². The number of carbonyl (C=O) groups is 2. The van der Waals surface area contributed by atoms with Crippen LogP contribution >= 0.6 is 0 Å². The molecule has 0 aromatic heterocycles. The van der Waals surface area contributed by atoms with E-state index in [4.69, 9.17) is 15.0 Å². The fourth-order valence-corrected chi connectivity index (χ4v) is 3.05. The Kier molecular flexibility index (Phi) is 6.70. The van der Waals surface area contributed by atoms with Gasteiger partial charge in [0.1, 0.15) is 12.2 Å². The molecule has 1 saturated heterocycles. The molecule has 1 aliphatic rings. The van der Waals surface area contributed by atoms with E-state index in [1.165, 1.54) is 4.90 Å². The highest BCUT2D eigenvalue weighted by Gasteiger charge is 2.48. The fourth-order valence-electron chi connectivity index (χ4n) is 3.05. The number of esters is 1. The highest BCUT2D eigenvalue weighted by Crippen LogP contribution is 2.32. The summed E-state index contributed by atoms with van der Waals surface area (Å²) < 4.78 is 10.8. The van der Waals surface area contributed by atoms with Gasteiger partial charge in [-0.3, -0.25) is 4.79 Å². The summed E-state index contributed by atoms with van der Waals surface area (Å²) in [6.45, 7) is 9.31. The molecular formula is C20H26N4O4. The van der Waals surface area contributed by atoms with Crippen molar-refractivity contribution in [3.63, 3.8) is 0 Å². The van der Waals surface area contributed by atoms with Crippen molar-refractivity contribution in [3.8, 4) is 0 Å². The molecule has 1 amide bonds. The van der Waals surface area contributed by atoms with Crippen LogP contribution in [0, 0.1) is 5.92 Å². The van der Waals surface area contributed by atoms with Crippen LogP contribution in [0.3, 0.4) is 0 Å². The molecule has 0 radical (unpaired) electrons. The maximum atomic E-state index is 12.9. The zero-order valence-corrected chi connectivity index (χ0v) is 16.5. The van der Waals surface area contributed by atoms with Gasteiger partial charge in [-0.15, -0.1) is 6.58 Å². The van der Waals surface area contributed by atoms with Gasteiger partial charge < -0.3 is 14.4 Å². The standard InChI is InChI=1S/C20H26N4O4/c1-5-15-11-20(22-23-21,14-24(12-15)18(26)28-19(2,3)4)17(25)27-13-16-9-7-6-8-10-16/h5-10,15H,1,11-14H2,2-4H3/t15-,20-/m1/s1. The van der Waals surface area contributed by atoms with Gasteiger partial charge >= 0.3 is 12.1 Å². The van der Waals surface area contributed by atoms with Gasteiger partial charge in [0.2, 0.25) is 0 Å².